The molecule has 5 N–H and O–H groups in total. The van der Waals surface area contributed by atoms with Crippen LogP contribution < -0.4 is 16.1 Å². The molecule has 0 unspecified atom stereocenters. The lowest BCUT2D eigenvalue weighted by Crippen LogP contribution is -2.28. The zero-order chi connectivity index (χ0) is 19.4. The Morgan fingerprint density at radius 3 is 2.07 bits per heavy atom. The highest BCUT2D eigenvalue weighted by molar-refractivity contribution is 5.94. The number of nitrogens with two attached hydrogens (primary N) is 1. The Morgan fingerprint density at radius 1 is 0.926 bits per heavy atom. The summed E-state index contributed by atoms with van der Waals surface area (Å²) in [7, 11) is 0. The summed E-state index contributed by atoms with van der Waals surface area (Å²) in [5.74, 6) is -0.658. The van der Waals surface area contributed by atoms with Crippen LogP contribution in [0.3, 0.4) is 0 Å². The number of rotatable bonds is 5. The van der Waals surface area contributed by atoms with Crippen molar-refractivity contribution in [3.8, 4) is 0 Å². The fourth-order valence-electron chi connectivity index (χ4n) is 2.88. The van der Waals surface area contributed by atoms with Gasteiger partial charge < -0.3 is 10.8 Å². The van der Waals surface area contributed by atoms with E-state index in [0.29, 0.717) is 12.2 Å². The highest BCUT2D eigenvalue weighted by Crippen LogP contribution is 2.22. The average molecular weight is 365 g/mol. The van der Waals surface area contributed by atoms with Gasteiger partial charge in [0.25, 0.3) is 5.91 Å². The molecule has 0 bridgehead atoms. The molecule has 2 amide bonds. The summed E-state index contributed by atoms with van der Waals surface area (Å²) in [6.07, 6.45) is -1.10. The van der Waals surface area contributed by atoms with Gasteiger partial charge >= 0.3 is 6.09 Å². The lowest BCUT2D eigenvalue weighted by molar-refractivity contribution is 0.0706. The van der Waals surface area contributed by atoms with Crippen LogP contribution in [-0.4, -0.2) is 22.3 Å². The summed E-state index contributed by atoms with van der Waals surface area (Å²) < 4.78 is 0. The van der Waals surface area contributed by atoms with Gasteiger partial charge in [-0.05, 0) is 58.3 Å². The molecule has 0 atom stereocenters. The first-order chi connectivity index (χ1) is 13.0. The molecule has 7 heteroatoms. The summed E-state index contributed by atoms with van der Waals surface area (Å²) in [4.78, 5) is 24.3. The molecule has 0 aliphatic carbocycles. The van der Waals surface area contributed by atoms with Crippen molar-refractivity contribution in [2.24, 2.45) is 5.73 Å². The van der Waals surface area contributed by atoms with Gasteiger partial charge in [0.2, 0.25) is 0 Å². The summed E-state index contributed by atoms with van der Waals surface area (Å²) in [5.41, 5.74) is 9.73. The number of nitrogens with one attached hydrogen (secondary N) is 1. The van der Waals surface area contributed by atoms with Crippen LogP contribution in [0.15, 0.2) is 60.7 Å². The van der Waals surface area contributed by atoms with Crippen LogP contribution in [0.25, 0.3) is 10.8 Å². The number of carbonyl (C=O) groups is 2. The van der Waals surface area contributed by atoms with Crippen molar-refractivity contribution in [1.29, 1.82) is 0 Å². The minimum atomic E-state index is -1.10. The molecule has 0 heterocycles. The van der Waals surface area contributed by atoms with Gasteiger partial charge in [0.1, 0.15) is 0 Å². The minimum Gasteiger partial charge on any atom is -0.465 e. The molecule has 0 aliphatic heterocycles. The van der Waals surface area contributed by atoms with Gasteiger partial charge in [0.05, 0.1) is 6.54 Å². The predicted molar refractivity (Wildman–Crippen MR) is 102 cm³/mol. The van der Waals surface area contributed by atoms with E-state index >= 15 is 0 Å². The largest absolute Gasteiger partial charge is 0.465 e. The maximum absolute atomic E-state index is 11.7. The number of amides is 2. The zero-order valence-corrected chi connectivity index (χ0v) is 14.4. The van der Waals surface area contributed by atoms with Crippen molar-refractivity contribution in [2.75, 3.05) is 4.90 Å². The SMILES string of the molecule is NCc1ccc2cc(CN(C(=O)O)c3ccc(C(=O)NO)cc3)ccc2c1. The third kappa shape index (κ3) is 4.05. The van der Waals surface area contributed by atoms with Crippen LogP contribution in [0, 0.1) is 0 Å². The molecule has 3 aromatic carbocycles. The maximum Gasteiger partial charge on any atom is 0.412 e. The van der Waals surface area contributed by atoms with E-state index in [1.807, 2.05) is 36.4 Å². The van der Waals surface area contributed by atoms with Crippen LogP contribution in [-0.2, 0) is 13.1 Å². The van der Waals surface area contributed by atoms with E-state index in [9.17, 15) is 14.7 Å². The second-order valence-electron chi connectivity index (χ2n) is 6.08. The second-order valence-corrected chi connectivity index (χ2v) is 6.08. The molecule has 0 fully saturated rings. The lowest BCUT2D eigenvalue weighted by Gasteiger charge is -2.20. The molecule has 3 rings (SSSR count). The molecule has 0 saturated heterocycles. The quantitative estimate of drug-likeness (QED) is 0.409. The zero-order valence-electron chi connectivity index (χ0n) is 14.4. The molecule has 0 saturated carbocycles. The molecule has 138 valence electrons. The number of hydroxylamine groups is 1. The van der Waals surface area contributed by atoms with Crippen molar-refractivity contribution in [3.63, 3.8) is 0 Å². The van der Waals surface area contributed by atoms with Gasteiger partial charge in [0, 0.05) is 17.8 Å². The Morgan fingerprint density at radius 2 is 1.52 bits per heavy atom. The maximum atomic E-state index is 11.7. The monoisotopic (exact) mass is 365 g/mol. The summed E-state index contributed by atoms with van der Waals surface area (Å²) >= 11 is 0. The van der Waals surface area contributed by atoms with Crippen LogP contribution in [0.2, 0.25) is 0 Å². The number of hydrogen-bond donors (Lipinski definition) is 4. The molecule has 7 nitrogen and oxygen atoms in total. The van der Waals surface area contributed by atoms with Gasteiger partial charge in [-0.25, -0.2) is 10.3 Å². The molecule has 0 aromatic heterocycles. The number of carbonyl (C=O) groups excluding carboxylic acids is 1. The van der Waals surface area contributed by atoms with Gasteiger partial charge in [0.15, 0.2) is 0 Å². The second kappa shape index (κ2) is 7.86. The molecule has 0 spiro atoms. The van der Waals surface area contributed by atoms with Crippen molar-refractivity contribution in [2.45, 2.75) is 13.1 Å². The van der Waals surface area contributed by atoms with Crippen molar-refractivity contribution >= 4 is 28.5 Å². The Bertz CT molecular complexity index is 986. The third-order valence-corrected chi connectivity index (χ3v) is 4.32. The standard InChI is InChI=1S/C20H19N3O4/c21-11-13-1-3-17-10-14(2-4-16(17)9-13)12-23(20(25)26)18-7-5-15(6-8-18)19(24)22-27/h1-10,27H,11-12,21H2,(H,22,24)(H,25,26). The van der Waals surface area contributed by atoms with Gasteiger partial charge in [-0.3, -0.25) is 14.9 Å². The van der Waals surface area contributed by atoms with Crippen LogP contribution in [0.5, 0.6) is 0 Å². The number of carboxylic acid groups (broad SMARTS) is 1. The van der Waals surface area contributed by atoms with Crippen LogP contribution >= 0.6 is 0 Å². The summed E-state index contributed by atoms with van der Waals surface area (Å²) in [6, 6.07) is 17.6. The highest BCUT2D eigenvalue weighted by Gasteiger charge is 2.16. The third-order valence-electron chi connectivity index (χ3n) is 4.32. The first-order valence-electron chi connectivity index (χ1n) is 8.28. The first-order valence-corrected chi connectivity index (χ1v) is 8.28. The van der Waals surface area contributed by atoms with Gasteiger partial charge in [-0.1, -0.05) is 24.3 Å². The Kier molecular flexibility index (Phi) is 5.35. The number of benzene rings is 3. The van der Waals surface area contributed by atoms with Gasteiger partial charge in [-0.2, -0.15) is 0 Å². The predicted octanol–water partition coefficient (Wildman–Crippen LogP) is 3.10. The lowest BCUT2D eigenvalue weighted by atomic mass is 10.0. The molecular formula is C20H19N3O4. The number of nitrogens with zero attached hydrogens (tertiary/aromatic N) is 1. The molecule has 0 aliphatic rings. The van der Waals surface area contributed by atoms with E-state index in [1.165, 1.54) is 29.2 Å². The molecule has 0 radical (unpaired) electrons. The molecule has 3 aromatic rings. The van der Waals surface area contributed by atoms with Crippen molar-refractivity contribution in [1.82, 2.24) is 5.48 Å². The smallest absolute Gasteiger partial charge is 0.412 e. The van der Waals surface area contributed by atoms with E-state index in [-0.39, 0.29) is 12.1 Å². The number of fused-ring (bicyclic) bond motifs is 1. The summed E-state index contributed by atoms with van der Waals surface area (Å²) in [6.45, 7) is 0.629. The van der Waals surface area contributed by atoms with Gasteiger partial charge in [-0.15, -0.1) is 0 Å². The normalized spacial score (nSPS) is 10.6. The Balaban J connectivity index is 1.87. The van der Waals surface area contributed by atoms with E-state index in [2.05, 4.69) is 0 Å². The fourth-order valence-corrected chi connectivity index (χ4v) is 2.88. The topological polar surface area (TPSA) is 116 Å². The summed E-state index contributed by atoms with van der Waals surface area (Å²) in [5, 5.41) is 20.3. The Labute approximate surface area is 155 Å². The van der Waals surface area contributed by atoms with E-state index in [1.54, 1.807) is 5.48 Å². The van der Waals surface area contributed by atoms with Crippen LogP contribution in [0.1, 0.15) is 21.5 Å². The van der Waals surface area contributed by atoms with Crippen molar-refractivity contribution < 1.29 is 19.9 Å². The van der Waals surface area contributed by atoms with E-state index in [4.69, 9.17) is 10.9 Å². The van der Waals surface area contributed by atoms with Crippen LogP contribution in [0.4, 0.5) is 10.5 Å². The minimum absolute atomic E-state index is 0.162. The highest BCUT2D eigenvalue weighted by atomic mass is 16.5. The first kappa shape index (κ1) is 18.4. The average Bonchev–Trinajstić information content (AvgIpc) is 2.70. The van der Waals surface area contributed by atoms with E-state index < -0.39 is 12.0 Å². The molecular weight excluding hydrogens is 346 g/mol. The van der Waals surface area contributed by atoms with Crippen molar-refractivity contribution in [3.05, 3.63) is 77.4 Å². The molecule has 27 heavy (non-hydrogen) atoms. The Hall–Kier alpha value is -3.42. The fraction of sp³-hybridized carbons (Fsp3) is 0.100. The number of anilines is 1. The number of hydrogen-bond acceptors (Lipinski definition) is 4. The van der Waals surface area contributed by atoms with E-state index in [0.717, 1.165) is 21.9 Å².